The molecule has 1 atom stereocenters. The third-order valence-electron chi connectivity index (χ3n) is 3.20. The van der Waals surface area contributed by atoms with Gasteiger partial charge in [-0.3, -0.25) is 0 Å². The molecule has 88 valence electrons. The van der Waals surface area contributed by atoms with Crippen molar-refractivity contribution in [2.24, 2.45) is 0 Å². The fraction of sp³-hybridized carbons (Fsp3) is 0.286. The fourth-order valence-electron chi connectivity index (χ4n) is 2.30. The van der Waals surface area contributed by atoms with Crippen molar-refractivity contribution in [1.29, 1.82) is 0 Å². The van der Waals surface area contributed by atoms with Crippen LogP contribution < -0.4 is 5.32 Å². The Morgan fingerprint density at radius 3 is 2.82 bits per heavy atom. The highest BCUT2D eigenvalue weighted by Crippen LogP contribution is 2.27. The molecule has 0 amide bonds. The molecular weight excluding hydrogens is 214 g/mol. The van der Waals surface area contributed by atoms with E-state index in [0.29, 0.717) is 0 Å². The first-order valence-electron chi connectivity index (χ1n) is 5.78. The lowest BCUT2D eigenvalue weighted by Crippen LogP contribution is -2.17. The van der Waals surface area contributed by atoms with Gasteiger partial charge in [-0.2, -0.15) is 0 Å². The van der Waals surface area contributed by atoms with Gasteiger partial charge in [0.1, 0.15) is 5.76 Å². The van der Waals surface area contributed by atoms with Gasteiger partial charge in [-0.25, -0.2) is 0 Å². The van der Waals surface area contributed by atoms with Gasteiger partial charge in [0.2, 0.25) is 0 Å². The summed E-state index contributed by atoms with van der Waals surface area (Å²) in [6.45, 7) is 1.46. The van der Waals surface area contributed by atoms with E-state index >= 15 is 0 Å². The average molecular weight is 229 g/mol. The number of nitrogens with one attached hydrogen (secondary N) is 1. The van der Waals surface area contributed by atoms with Gasteiger partial charge in [0.25, 0.3) is 0 Å². The molecule has 1 aliphatic heterocycles. The Morgan fingerprint density at radius 2 is 2.06 bits per heavy atom. The number of furan rings is 1. The minimum absolute atomic E-state index is 0.107. The molecule has 17 heavy (non-hydrogen) atoms. The van der Waals surface area contributed by atoms with Crippen molar-refractivity contribution in [2.75, 3.05) is 7.05 Å². The molecule has 0 bridgehead atoms. The van der Waals surface area contributed by atoms with Crippen LogP contribution >= 0.6 is 0 Å². The van der Waals surface area contributed by atoms with Gasteiger partial charge in [-0.15, -0.1) is 0 Å². The Labute approximate surface area is 100 Å². The molecule has 1 aromatic heterocycles. The summed E-state index contributed by atoms with van der Waals surface area (Å²) in [7, 11) is 1.94. The predicted octanol–water partition coefficient (Wildman–Crippen LogP) is 2.62. The Balaban J connectivity index is 1.97. The summed E-state index contributed by atoms with van der Waals surface area (Å²) in [5, 5.41) is 3.28. The molecule has 3 rings (SSSR count). The van der Waals surface area contributed by atoms with E-state index in [-0.39, 0.29) is 6.04 Å². The third-order valence-corrected chi connectivity index (χ3v) is 3.20. The summed E-state index contributed by atoms with van der Waals surface area (Å²) in [4.78, 5) is 0. The molecule has 2 aromatic rings. The first-order valence-corrected chi connectivity index (χ1v) is 5.78. The predicted molar refractivity (Wildman–Crippen MR) is 64.5 cm³/mol. The lowest BCUT2D eigenvalue weighted by molar-refractivity contribution is 0.134. The molecule has 0 radical (unpaired) electrons. The Morgan fingerprint density at radius 1 is 1.18 bits per heavy atom. The number of hydrogen-bond donors (Lipinski definition) is 1. The standard InChI is InChI=1S/C14H15NO2/c1-15-14(13-3-2-6-17-13)10-4-5-11-8-16-9-12(11)7-10/h2-7,14-15H,8-9H2,1H3. The fourth-order valence-corrected chi connectivity index (χ4v) is 2.30. The van der Waals surface area contributed by atoms with Crippen molar-refractivity contribution in [1.82, 2.24) is 5.32 Å². The molecule has 1 aliphatic rings. The molecule has 1 unspecified atom stereocenters. The number of benzene rings is 1. The van der Waals surface area contributed by atoms with Crippen LogP contribution in [0.1, 0.15) is 28.5 Å². The van der Waals surface area contributed by atoms with Gasteiger partial charge >= 0.3 is 0 Å². The van der Waals surface area contributed by atoms with E-state index in [2.05, 4.69) is 23.5 Å². The first kappa shape index (κ1) is 10.6. The van der Waals surface area contributed by atoms with Crippen LogP contribution in [0.5, 0.6) is 0 Å². The summed E-state index contributed by atoms with van der Waals surface area (Å²) in [6, 6.07) is 10.5. The van der Waals surface area contributed by atoms with Crippen LogP contribution in [-0.2, 0) is 18.0 Å². The minimum atomic E-state index is 0.107. The van der Waals surface area contributed by atoms with E-state index in [9.17, 15) is 0 Å². The number of ether oxygens (including phenoxy) is 1. The zero-order valence-corrected chi connectivity index (χ0v) is 9.77. The molecule has 0 saturated carbocycles. The van der Waals surface area contributed by atoms with E-state index in [4.69, 9.17) is 9.15 Å². The van der Waals surface area contributed by atoms with E-state index in [1.807, 2.05) is 19.2 Å². The van der Waals surface area contributed by atoms with Crippen molar-refractivity contribution in [3.8, 4) is 0 Å². The van der Waals surface area contributed by atoms with Crippen LogP contribution in [0.4, 0.5) is 0 Å². The smallest absolute Gasteiger partial charge is 0.125 e. The van der Waals surface area contributed by atoms with Crippen molar-refractivity contribution < 1.29 is 9.15 Å². The van der Waals surface area contributed by atoms with E-state index in [0.717, 1.165) is 19.0 Å². The molecule has 3 nitrogen and oxygen atoms in total. The zero-order valence-electron chi connectivity index (χ0n) is 9.77. The lowest BCUT2D eigenvalue weighted by atomic mass is 10.00. The summed E-state index contributed by atoms with van der Waals surface area (Å²) in [6.07, 6.45) is 1.70. The quantitative estimate of drug-likeness (QED) is 0.878. The highest BCUT2D eigenvalue weighted by Gasteiger charge is 2.18. The van der Waals surface area contributed by atoms with Crippen LogP contribution in [0.15, 0.2) is 41.0 Å². The normalized spacial score (nSPS) is 15.8. The number of rotatable bonds is 3. The second-order valence-corrected chi connectivity index (χ2v) is 4.26. The SMILES string of the molecule is CNC(c1ccc2c(c1)COC2)c1ccco1. The van der Waals surface area contributed by atoms with Gasteiger partial charge in [-0.05, 0) is 35.9 Å². The summed E-state index contributed by atoms with van der Waals surface area (Å²) in [5.41, 5.74) is 3.80. The molecule has 0 spiro atoms. The van der Waals surface area contributed by atoms with Crippen LogP contribution in [0.2, 0.25) is 0 Å². The van der Waals surface area contributed by atoms with Crippen molar-refractivity contribution in [3.05, 3.63) is 59.0 Å². The van der Waals surface area contributed by atoms with Crippen molar-refractivity contribution >= 4 is 0 Å². The summed E-state index contributed by atoms with van der Waals surface area (Å²) < 4.78 is 10.9. The zero-order chi connectivity index (χ0) is 11.7. The highest BCUT2D eigenvalue weighted by molar-refractivity contribution is 5.37. The second-order valence-electron chi connectivity index (χ2n) is 4.26. The first-order chi connectivity index (χ1) is 8.38. The van der Waals surface area contributed by atoms with Crippen molar-refractivity contribution in [3.63, 3.8) is 0 Å². The second kappa shape index (κ2) is 4.35. The van der Waals surface area contributed by atoms with Crippen LogP contribution in [0.3, 0.4) is 0 Å². The van der Waals surface area contributed by atoms with Gasteiger partial charge in [0, 0.05) is 0 Å². The molecule has 0 aliphatic carbocycles. The molecule has 1 aromatic carbocycles. The Kier molecular flexibility index (Phi) is 2.71. The maximum atomic E-state index is 5.47. The minimum Gasteiger partial charge on any atom is -0.467 e. The van der Waals surface area contributed by atoms with E-state index in [1.54, 1.807) is 6.26 Å². The highest BCUT2D eigenvalue weighted by atomic mass is 16.5. The van der Waals surface area contributed by atoms with Crippen LogP contribution in [0, 0.1) is 0 Å². The maximum Gasteiger partial charge on any atom is 0.125 e. The van der Waals surface area contributed by atoms with Gasteiger partial charge in [0.15, 0.2) is 0 Å². The molecule has 0 saturated heterocycles. The van der Waals surface area contributed by atoms with E-state index < -0.39 is 0 Å². The number of fused-ring (bicyclic) bond motifs is 1. The van der Waals surface area contributed by atoms with Gasteiger partial charge in [0.05, 0.1) is 25.5 Å². The largest absolute Gasteiger partial charge is 0.467 e. The maximum absolute atomic E-state index is 5.47. The molecule has 2 heterocycles. The van der Waals surface area contributed by atoms with Gasteiger partial charge < -0.3 is 14.5 Å². The monoisotopic (exact) mass is 229 g/mol. The molecule has 1 N–H and O–H groups in total. The van der Waals surface area contributed by atoms with Crippen molar-refractivity contribution in [2.45, 2.75) is 19.3 Å². The van der Waals surface area contributed by atoms with Gasteiger partial charge in [-0.1, -0.05) is 18.2 Å². The molecular formula is C14H15NO2. The Hall–Kier alpha value is -1.58. The number of hydrogen-bond acceptors (Lipinski definition) is 3. The third kappa shape index (κ3) is 1.88. The van der Waals surface area contributed by atoms with Crippen LogP contribution in [-0.4, -0.2) is 7.05 Å². The Bertz CT molecular complexity index is 505. The van der Waals surface area contributed by atoms with E-state index in [1.165, 1.54) is 16.7 Å². The van der Waals surface area contributed by atoms with Crippen LogP contribution in [0.25, 0.3) is 0 Å². The average Bonchev–Trinajstić information content (AvgIpc) is 2.99. The summed E-state index contributed by atoms with van der Waals surface area (Å²) in [5.74, 6) is 0.936. The molecule has 3 heteroatoms. The lowest BCUT2D eigenvalue weighted by Gasteiger charge is -2.15. The summed E-state index contributed by atoms with van der Waals surface area (Å²) >= 11 is 0. The molecule has 0 fully saturated rings. The topological polar surface area (TPSA) is 34.4 Å².